The molecule has 1 aromatic rings. The van der Waals surface area contributed by atoms with Gasteiger partial charge in [0.1, 0.15) is 5.82 Å². The normalized spacial score (nSPS) is 12.9. The Labute approximate surface area is 108 Å². The van der Waals surface area contributed by atoms with Crippen LogP contribution in [-0.2, 0) is 6.42 Å². The minimum Gasteiger partial charge on any atom is -0.225 e. The third-order valence-corrected chi connectivity index (χ3v) is 3.11. The summed E-state index contributed by atoms with van der Waals surface area (Å²) in [6.07, 6.45) is 1.84. The van der Waals surface area contributed by atoms with Gasteiger partial charge in [-0.1, -0.05) is 12.1 Å². The fourth-order valence-corrected chi connectivity index (χ4v) is 1.76. The lowest BCUT2D eigenvalue weighted by Gasteiger charge is -2.13. The Bertz CT molecular complexity index is 376. The first-order valence-electron chi connectivity index (χ1n) is 5.83. The lowest BCUT2D eigenvalue weighted by Crippen LogP contribution is -2.06. The summed E-state index contributed by atoms with van der Waals surface area (Å²) in [5.74, 6) is -0.178. The Hall–Kier alpha value is -0.830. The number of hydrogen-bond acceptors (Lipinski definition) is 2. The summed E-state index contributed by atoms with van der Waals surface area (Å²) in [6, 6.07) is 6.68. The van der Waals surface area contributed by atoms with Crippen molar-refractivity contribution in [3.8, 4) is 0 Å². The molecule has 0 amide bonds. The van der Waals surface area contributed by atoms with Gasteiger partial charge in [-0.15, -0.1) is 0 Å². The minimum absolute atomic E-state index is 0.164. The van der Waals surface area contributed by atoms with E-state index in [2.05, 4.69) is 25.2 Å². The zero-order valence-corrected chi connectivity index (χ0v) is 11.8. The Morgan fingerprint density at radius 1 is 1.24 bits per heavy atom. The van der Waals surface area contributed by atoms with Crippen molar-refractivity contribution in [2.24, 2.45) is 4.40 Å². The average molecular weight is 253 g/mol. The van der Waals surface area contributed by atoms with Crippen molar-refractivity contribution in [3.05, 3.63) is 35.6 Å². The standard InChI is InChI=1S/C14H20FNS/c1-11(16-17-14(2,3)4)5-6-12-7-9-13(15)10-8-12/h7-10H,5-6H2,1-4H3/b16-11+. The summed E-state index contributed by atoms with van der Waals surface area (Å²) >= 11 is 1.61. The summed E-state index contributed by atoms with van der Waals surface area (Å²) in [5, 5.41) is 0. The number of rotatable bonds is 4. The van der Waals surface area contributed by atoms with E-state index in [1.54, 1.807) is 11.9 Å². The van der Waals surface area contributed by atoms with Gasteiger partial charge in [-0.2, -0.15) is 0 Å². The maximum Gasteiger partial charge on any atom is 0.123 e. The van der Waals surface area contributed by atoms with Gasteiger partial charge < -0.3 is 0 Å². The number of nitrogens with zero attached hydrogens (tertiary/aromatic N) is 1. The van der Waals surface area contributed by atoms with E-state index in [0.29, 0.717) is 0 Å². The van der Waals surface area contributed by atoms with Crippen molar-refractivity contribution < 1.29 is 4.39 Å². The lowest BCUT2D eigenvalue weighted by molar-refractivity contribution is 0.627. The molecular weight excluding hydrogens is 233 g/mol. The molecule has 0 spiro atoms. The van der Waals surface area contributed by atoms with Crippen LogP contribution in [0.2, 0.25) is 0 Å². The van der Waals surface area contributed by atoms with E-state index in [-0.39, 0.29) is 10.6 Å². The summed E-state index contributed by atoms with van der Waals surface area (Å²) in [7, 11) is 0. The SMILES string of the molecule is C/C(CCc1ccc(F)cc1)=N\SC(C)(C)C. The second-order valence-corrected chi connectivity index (χ2v) is 6.75. The van der Waals surface area contributed by atoms with Crippen molar-refractivity contribution in [2.75, 3.05) is 0 Å². The predicted octanol–water partition coefficient (Wildman–Crippen LogP) is 4.67. The molecule has 0 aliphatic heterocycles. The minimum atomic E-state index is -0.178. The van der Waals surface area contributed by atoms with Gasteiger partial charge in [-0.05, 0) is 70.2 Å². The second-order valence-electron chi connectivity index (χ2n) is 5.16. The average Bonchev–Trinajstić information content (AvgIpc) is 2.25. The molecule has 0 aromatic heterocycles. The van der Waals surface area contributed by atoms with Gasteiger partial charge in [0, 0.05) is 10.5 Å². The highest BCUT2D eigenvalue weighted by atomic mass is 32.2. The van der Waals surface area contributed by atoms with Crippen LogP contribution >= 0.6 is 11.9 Å². The smallest absolute Gasteiger partial charge is 0.123 e. The van der Waals surface area contributed by atoms with Gasteiger partial charge in [0.25, 0.3) is 0 Å². The van der Waals surface area contributed by atoms with Gasteiger partial charge >= 0.3 is 0 Å². The molecule has 0 unspecified atom stereocenters. The summed E-state index contributed by atoms with van der Waals surface area (Å²) in [5.41, 5.74) is 2.29. The zero-order valence-electron chi connectivity index (χ0n) is 11.0. The fourth-order valence-electron chi connectivity index (χ4n) is 1.24. The van der Waals surface area contributed by atoms with Crippen LogP contribution in [0.3, 0.4) is 0 Å². The molecule has 17 heavy (non-hydrogen) atoms. The van der Waals surface area contributed by atoms with Crippen molar-refractivity contribution in [1.29, 1.82) is 0 Å². The third kappa shape index (κ3) is 6.47. The molecule has 94 valence electrons. The molecule has 1 nitrogen and oxygen atoms in total. The Balaban J connectivity index is 2.42. The Kier molecular flexibility index (Phi) is 5.19. The topological polar surface area (TPSA) is 12.4 Å². The van der Waals surface area contributed by atoms with Crippen LogP contribution in [-0.4, -0.2) is 10.5 Å². The Morgan fingerprint density at radius 3 is 2.35 bits per heavy atom. The highest BCUT2D eigenvalue weighted by Crippen LogP contribution is 2.24. The summed E-state index contributed by atoms with van der Waals surface area (Å²) < 4.78 is 17.4. The van der Waals surface area contributed by atoms with E-state index in [0.717, 1.165) is 24.1 Å². The van der Waals surface area contributed by atoms with Crippen molar-refractivity contribution >= 4 is 17.7 Å². The van der Waals surface area contributed by atoms with Gasteiger partial charge in [0.15, 0.2) is 0 Å². The molecule has 0 aliphatic rings. The van der Waals surface area contributed by atoms with E-state index in [9.17, 15) is 4.39 Å². The number of benzene rings is 1. The maximum absolute atomic E-state index is 12.7. The molecule has 3 heteroatoms. The van der Waals surface area contributed by atoms with E-state index >= 15 is 0 Å². The molecule has 0 saturated carbocycles. The Morgan fingerprint density at radius 2 is 1.82 bits per heavy atom. The maximum atomic E-state index is 12.7. The van der Waals surface area contributed by atoms with E-state index in [1.807, 2.05) is 19.1 Å². The summed E-state index contributed by atoms with van der Waals surface area (Å²) in [6.45, 7) is 8.49. The first-order chi connectivity index (χ1) is 7.87. The van der Waals surface area contributed by atoms with Gasteiger partial charge in [0.05, 0.1) is 0 Å². The van der Waals surface area contributed by atoms with Crippen LogP contribution < -0.4 is 0 Å². The molecule has 1 aromatic carbocycles. The molecular formula is C14H20FNS. The zero-order chi connectivity index (χ0) is 12.9. The predicted molar refractivity (Wildman–Crippen MR) is 75.2 cm³/mol. The highest BCUT2D eigenvalue weighted by molar-refractivity contribution is 7.99. The second kappa shape index (κ2) is 6.20. The molecule has 0 radical (unpaired) electrons. The quantitative estimate of drug-likeness (QED) is 0.561. The lowest BCUT2D eigenvalue weighted by atomic mass is 10.1. The molecule has 0 fully saturated rings. The van der Waals surface area contributed by atoms with Crippen LogP contribution in [0.15, 0.2) is 28.7 Å². The summed E-state index contributed by atoms with van der Waals surface area (Å²) in [4.78, 5) is 0. The van der Waals surface area contributed by atoms with Crippen LogP contribution in [0.5, 0.6) is 0 Å². The number of halogens is 1. The van der Waals surface area contributed by atoms with Crippen molar-refractivity contribution in [2.45, 2.75) is 45.3 Å². The molecule has 0 N–H and O–H groups in total. The van der Waals surface area contributed by atoms with Gasteiger partial charge in [-0.3, -0.25) is 0 Å². The molecule has 0 bridgehead atoms. The third-order valence-electron chi connectivity index (χ3n) is 2.16. The number of hydrogen-bond donors (Lipinski definition) is 0. The molecule has 0 heterocycles. The highest BCUT2D eigenvalue weighted by Gasteiger charge is 2.09. The van der Waals surface area contributed by atoms with Crippen LogP contribution in [0.1, 0.15) is 39.7 Å². The van der Waals surface area contributed by atoms with E-state index in [1.165, 1.54) is 12.1 Å². The first-order valence-corrected chi connectivity index (χ1v) is 6.60. The molecule has 0 atom stereocenters. The molecule has 0 aliphatic carbocycles. The van der Waals surface area contributed by atoms with Gasteiger partial charge in [-0.25, -0.2) is 8.79 Å². The van der Waals surface area contributed by atoms with Crippen molar-refractivity contribution in [3.63, 3.8) is 0 Å². The van der Waals surface area contributed by atoms with Crippen LogP contribution in [0.4, 0.5) is 4.39 Å². The largest absolute Gasteiger partial charge is 0.225 e. The molecule has 0 saturated heterocycles. The monoisotopic (exact) mass is 253 g/mol. The first kappa shape index (κ1) is 14.2. The van der Waals surface area contributed by atoms with Crippen LogP contribution in [0, 0.1) is 5.82 Å². The fraction of sp³-hybridized carbons (Fsp3) is 0.500. The number of aryl methyl sites for hydroxylation is 1. The van der Waals surface area contributed by atoms with Gasteiger partial charge in [0.2, 0.25) is 0 Å². The van der Waals surface area contributed by atoms with Crippen molar-refractivity contribution in [1.82, 2.24) is 0 Å². The van der Waals surface area contributed by atoms with E-state index in [4.69, 9.17) is 0 Å². The van der Waals surface area contributed by atoms with Crippen LogP contribution in [0.25, 0.3) is 0 Å². The molecule has 1 rings (SSSR count). The van der Waals surface area contributed by atoms with E-state index < -0.39 is 0 Å².